The number of carbonyl (C=O) groups excluding carboxylic acids is 1. The van der Waals surface area contributed by atoms with Gasteiger partial charge in [-0.2, -0.15) is 0 Å². The Morgan fingerprint density at radius 3 is 2.68 bits per heavy atom. The van der Waals surface area contributed by atoms with Crippen molar-refractivity contribution < 1.29 is 19.2 Å². The molecule has 0 N–H and O–H groups in total. The lowest BCUT2D eigenvalue weighted by Crippen LogP contribution is -2.53. The van der Waals surface area contributed by atoms with Crippen LogP contribution in [0.4, 0.5) is 11.4 Å². The van der Waals surface area contributed by atoms with Crippen LogP contribution in [0, 0.1) is 10.1 Å². The fourth-order valence-corrected chi connectivity index (χ4v) is 2.07. The Bertz CT molecular complexity index is 517. The van der Waals surface area contributed by atoms with Crippen LogP contribution in [0.5, 0.6) is 5.75 Å². The molecule has 2 rings (SSSR count). The van der Waals surface area contributed by atoms with Crippen molar-refractivity contribution in [2.75, 3.05) is 25.7 Å². The first kappa shape index (κ1) is 13.1. The summed E-state index contributed by atoms with van der Waals surface area (Å²) in [6, 6.07) is 3.91. The van der Waals surface area contributed by atoms with Gasteiger partial charge in [0.2, 0.25) is 0 Å². The Hall–Kier alpha value is -2.31. The van der Waals surface area contributed by atoms with Gasteiger partial charge in [-0.05, 0) is 12.5 Å². The van der Waals surface area contributed by atoms with Crippen molar-refractivity contribution in [3.05, 3.63) is 28.3 Å². The number of esters is 1. The smallest absolute Gasteiger partial charge is 0.328 e. The molecule has 1 aliphatic heterocycles. The highest BCUT2D eigenvalue weighted by Crippen LogP contribution is 2.37. The van der Waals surface area contributed by atoms with Gasteiger partial charge in [-0.15, -0.1) is 0 Å². The molecule has 1 aliphatic rings. The number of nitro groups is 1. The summed E-state index contributed by atoms with van der Waals surface area (Å²) in [6.07, 6.45) is 0.665. The van der Waals surface area contributed by atoms with Gasteiger partial charge in [0.05, 0.1) is 24.8 Å². The SMILES string of the molecule is COC(=O)C1CCN1c1cc([N+](=O)[O-])ccc1OC. The van der Waals surface area contributed by atoms with Crippen LogP contribution in [0.15, 0.2) is 18.2 Å². The quantitative estimate of drug-likeness (QED) is 0.465. The van der Waals surface area contributed by atoms with Crippen LogP contribution in [0.1, 0.15) is 6.42 Å². The number of hydrogen-bond donors (Lipinski definition) is 0. The van der Waals surface area contributed by atoms with E-state index in [9.17, 15) is 14.9 Å². The van der Waals surface area contributed by atoms with E-state index in [1.54, 1.807) is 4.90 Å². The lowest BCUT2D eigenvalue weighted by atomic mass is 10.0. The van der Waals surface area contributed by atoms with E-state index >= 15 is 0 Å². The molecule has 102 valence electrons. The number of anilines is 1. The Labute approximate surface area is 109 Å². The van der Waals surface area contributed by atoms with E-state index in [2.05, 4.69) is 0 Å². The van der Waals surface area contributed by atoms with Crippen LogP contribution in [0.2, 0.25) is 0 Å². The van der Waals surface area contributed by atoms with Crippen molar-refractivity contribution in [2.24, 2.45) is 0 Å². The van der Waals surface area contributed by atoms with Gasteiger partial charge in [0.15, 0.2) is 0 Å². The van der Waals surface area contributed by atoms with Crippen LogP contribution in [-0.2, 0) is 9.53 Å². The van der Waals surface area contributed by atoms with Crippen molar-refractivity contribution in [2.45, 2.75) is 12.5 Å². The molecule has 1 atom stereocenters. The minimum Gasteiger partial charge on any atom is -0.495 e. The molecule has 1 heterocycles. The van der Waals surface area contributed by atoms with Gasteiger partial charge in [-0.3, -0.25) is 10.1 Å². The second kappa shape index (κ2) is 5.13. The molecule has 7 heteroatoms. The predicted molar refractivity (Wildman–Crippen MR) is 67.4 cm³/mol. The Balaban J connectivity index is 2.34. The van der Waals surface area contributed by atoms with Gasteiger partial charge in [-0.1, -0.05) is 0 Å². The number of methoxy groups -OCH3 is 2. The van der Waals surface area contributed by atoms with Crippen LogP contribution in [-0.4, -0.2) is 37.7 Å². The highest BCUT2D eigenvalue weighted by atomic mass is 16.6. The molecule has 0 radical (unpaired) electrons. The summed E-state index contributed by atoms with van der Waals surface area (Å²) in [5.41, 5.74) is 0.504. The number of non-ortho nitro benzene ring substituents is 1. The highest BCUT2D eigenvalue weighted by molar-refractivity contribution is 5.83. The first-order valence-electron chi connectivity index (χ1n) is 5.75. The summed E-state index contributed by atoms with van der Waals surface area (Å²) in [4.78, 5) is 23.6. The normalized spacial score (nSPS) is 17.6. The third-order valence-electron chi connectivity index (χ3n) is 3.18. The number of nitro benzene ring substituents is 1. The summed E-state index contributed by atoms with van der Waals surface area (Å²) in [6.45, 7) is 0.636. The monoisotopic (exact) mass is 266 g/mol. The van der Waals surface area contributed by atoms with Crippen LogP contribution in [0.3, 0.4) is 0 Å². The number of benzene rings is 1. The van der Waals surface area contributed by atoms with Gasteiger partial charge in [0.1, 0.15) is 11.8 Å². The molecule has 0 aromatic heterocycles. The lowest BCUT2D eigenvalue weighted by molar-refractivity contribution is -0.384. The summed E-state index contributed by atoms with van der Waals surface area (Å²) in [7, 11) is 2.81. The van der Waals surface area contributed by atoms with Crippen LogP contribution in [0.25, 0.3) is 0 Å². The number of nitrogens with zero attached hydrogens (tertiary/aromatic N) is 2. The van der Waals surface area contributed by atoms with Crippen molar-refractivity contribution in [1.29, 1.82) is 0 Å². The van der Waals surface area contributed by atoms with E-state index in [0.717, 1.165) is 0 Å². The predicted octanol–water partition coefficient (Wildman–Crippen LogP) is 1.36. The number of rotatable bonds is 4. The average molecular weight is 266 g/mol. The highest BCUT2D eigenvalue weighted by Gasteiger charge is 2.37. The lowest BCUT2D eigenvalue weighted by Gasteiger charge is -2.41. The molecule has 19 heavy (non-hydrogen) atoms. The van der Waals surface area contributed by atoms with E-state index in [0.29, 0.717) is 24.4 Å². The summed E-state index contributed by atoms with van der Waals surface area (Å²) in [5.74, 6) is 0.152. The van der Waals surface area contributed by atoms with Gasteiger partial charge in [0.25, 0.3) is 5.69 Å². The van der Waals surface area contributed by atoms with Crippen LogP contribution < -0.4 is 9.64 Å². The van der Waals surface area contributed by atoms with Gasteiger partial charge in [0, 0.05) is 18.7 Å². The molecule has 1 aromatic carbocycles. The van der Waals surface area contributed by atoms with E-state index in [4.69, 9.17) is 9.47 Å². The fourth-order valence-electron chi connectivity index (χ4n) is 2.07. The first-order valence-corrected chi connectivity index (χ1v) is 5.75. The molecule has 1 fully saturated rings. The topological polar surface area (TPSA) is 81.9 Å². The van der Waals surface area contributed by atoms with E-state index in [-0.39, 0.29) is 11.7 Å². The zero-order valence-electron chi connectivity index (χ0n) is 10.7. The molecule has 0 aliphatic carbocycles. The largest absolute Gasteiger partial charge is 0.495 e. The van der Waals surface area contributed by atoms with E-state index in [1.807, 2.05) is 0 Å². The summed E-state index contributed by atoms with van der Waals surface area (Å²) < 4.78 is 9.88. The third-order valence-corrected chi connectivity index (χ3v) is 3.18. The van der Waals surface area contributed by atoms with Crippen molar-refractivity contribution >= 4 is 17.3 Å². The number of hydrogen-bond acceptors (Lipinski definition) is 6. The molecular weight excluding hydrogens is 252 g/mol. The summed E-state index contributed by atoms with van der Waals surface area (Å²) in [5, 5.41) is 10.8. The second-order valence-corrected chi connectivity index (χ2v) is 4.13. The Kier molecular flexibility index (Phi) is 3.55. The van der Waals surface area contributed by atoms with Crippen molar-refractivity contribution in [3.63, 3.8) is 0 Å². The van der Waals surface area contributed by atoms with E-state index in [1.165, 1.54) is 32.4 Å². The number of ether oxygens (including phenoxy) is 2. The molecule has 0 amide bonds. The molecule has 1 saturated heterocycles. The molecule has 1 unspecified atom stereocenters. The fraction of sp³-hybridized carbons (Fsp3) is 0.417. The minimum absolute atomic E-state index is 0.0358. The van der Waals surface area contributed by atoms with Gasteiger partial charge >= 0.3 is 5.97 Å². The molecule has 0 spiro atoms. The van der Waals surface area contributed by atoms with Crippen LogP contribution >= 0.6 is 0 Å². The molecule has 0 saturated carbocycles. The average Bonchev–Trinajstić information content (AvgIpc) is 2.37. The zero-order valence-corrected chi connectivity index (χ0v) is 10.7. The molecule has 0 bridgehead atoms. The first-order chi connectivity index (χ1) is 9.08. The standard InChI is InChI=1S/C12H14N2O5/c1-18-11-4-3-8(14(16)17)7-10(11)13-6-5-9(13)12(15)19-2/h3-4,7,9H,5-6H2,1-2H3. The summed E-state index contributed by atoms with van der Waals surface area (Å²) >= 11 is 0. The van der Waals surface area contributed by atoms with Gasteiger partial charge < -0.3 is 14.4 Å². The maximum atomic E-state index is 11.6. The molecule has 1 aromatic rings. The maximum absolute atomic E-state index is 11.6. The maximum Gasteiger partial charge on any atom is 0.328 e. The molecule has 7 nitrogen and oxygen atoms in total. The van der Waals surface area contributed by atoms with E-state index < -0.39 is 11.0 Å². The van der Waals surface area contributed by atoms with Crippen molar-refractivity contribution in [1.82, 2.24) is 0 Å². The number of carbonyl (C=O) groups is 1. The third kappa shape index (κ3) is 2.31. The Morgan fingerprint density at radius 1 is 1.47 bits per heavy atom. The van der Waals surface area contributed by atoms with Crippen molar-refractivity contribution in [3.8, 4) is 5.75 Å². The second-order valence-electron chi connectivity index (χ2n) is 4.13. The zero-order chi connectivity index (χ0) is 14.0. The van der Waals surface area contributed by atoms with Gasteiger partial charge in [-0.25, -0.2) is 4.79 Å². The molecular formula is C12H14N2O5. The minimum atomic E-state index is -0.476. The Morgan fingerprint density at radius 2 is 2.21 bits per heavy atom.